The molecule has 3 fully saturated rings. The molecule has 9 nitrogen and oxygen atoms in total. The molecular weight excluding hydrogens is 468 g/mol. The molecule has 5 aliphatic rings. The average Bonchev–Trinajstić information content (AvgIpc) is 3.53. The molecule has 1 spiro atoms. The fourth-order valence-corrected chi connectivity index (χ4v) is 6.85. The van der Waals surface area contributed by atoms with Crippen LogP contribution in [-0.2, 0) is 30.1 Å². The third-order valence-electron chi connectivity index (χ3n) is 8.40. The predicted molar refractivity (Wildman–Crippen MR) is 126 cm³/mol. The van der Waals surface area contributed by atoms with Crippen molar-refractivity contribution in [3.8, 4) is 17.2 Å². The van der Waals surface area contributed by atoms with Crippen LogP contribution >= 0.6 is 0 Å². The van der Waals surface area contributed by atoms with Gasteiger partial charge in [0.25, 0.3) is 5.79 Å². The molecule has 4 heterocycles. The Morgan fingerprint density at radius 3 is 2.78 bits per heavy atom. The third kappa shape index (κ3) is 2.36. The van der Waals surface area contributed by atoms with E-state index in [0.29, 0.717) is 60.3 Å². The molecule has 9 heteroatoms. The van der Waals surface area contributed by atoms with E-state index in [0.717, 1.165) is 16.7 Å². The molecule has 1 aliphatic carbocycles. The summed E-state index contributed by atoms with van der Waals surface area (Å²) in [7, 11) is 3.13. The van der Waals surface area contributed by atoms with Crippen LogP contribution in [-0.4, -0.2) is 68.2 Å². The Hall–Kier alpha value is -2.69. The Balaban J connectivity index is 1.49. The van der Waals surface area contributed by atoms with E-state index in [1.54, 1.807) is 20.3 Å². The molecule has 190 valence electrons. The molecule has 36 heavy (non-hydrogen) atoms. The maximum Gasteiger partial charge on any atom is 0.276 e. The van der Waals surface area contributed by atoms with Crippen molar-refractivity contribution >= 4 is 16.6 Å². The summed E-state index contributed by atoms with van der Waals surface area (Å²) in [6.45, 7) is 6.40. The largest absolute Gasteiger partial charge is 0.506 e. The summed E-state index contributed by atoms with van der Waals surface area (Å²) in [5.74, 6) is -1.78. The minimum atomic E-state index is -1.33. The molecule has 2 aromatic carbocycles. The Labute approximate surface area is 207 Å². The van der Waals surface area contributed by atoms with E-state index in [9.17, 15) is 9.90 Å². The molecule has 0 saturated carbocycles. The van der Waals surface area contributed by atoms with Crippen molar-refractivity contribution in [3.05, 3.63) is 41.0 Å². The van der Waals surface area contributed by atoms with Gasteiger partial charge in [-0.25, -0.2) is 0 Å². The fourth-order valence-electron chi connectivity index (χ4n) is 6.85. The lowest BCUT2D eigenvalue weighted by molar-refractivity contribution is -0.296. The molecule has 3 unspecified atom stereocenters. The van der Waals surface area contributed by atoms with Gasteiger partial charge in [0.05, 0.1) is 31.3 Å². The second-order valence-corrected chi connectivity index (χ2v) is 10.1. The number of fused-ring (bicyclic) bond motifs is 8. The Morgan fingerprint density at radius 2 is 2.08 bits per heavy atom. The summed E-state index contributed by atoms with van der Waals surface area (Å²) < 4.78 is 43.5. The van der Waals surface area contributed by atoms with E-state index in [1.807, 2.05) is 13.0 Å². The van der Waals surface area contributed by atoms with Gasteiger partial charge in [0.1, 0.15) is 30.0 Å². The first-order chi connectivity index (χ1) is 17.4. The second kappa shape index (κ2) is 7.20. The van der Waals surface area contributed by atoms with Crippen molar-refractivity contribution in [2.45, 2.75) is 55.6 Å². The third-order valence-corrected chi connectivity index (χ3v) is 8.40. The highest BCUT2D eigenvalue weighted by Crippen LogP contribution is 2.71. The number of Topliss-reactive ketones (excluding diaryl/α,β-unsaturated/α-hetero) is 1. The number of aromatic hydroxyl groups is 1. The van der Waals surface area contributed by atoms with Gasteiger partial charge < -0.3 is 38.3 Å². The topological polar surface area (TPSA) is 105 Å². The number of rotatable bonds is 6. The number of hydrogen-bond donors (Lipinski definition) is 1. The van der Waals surface area contributed by atoms with Gasteiger partial charge in [0.2, 0.25) is 11.4 Å². The highest BCUT2D eigenvalue weighted by atomic mass is 16.9. The maximum absolute atomic E-state index is 12.9. The van der Waals surface area contributed by atoms with Crippen LogP contribution in [0.3, 0.4) is 0 Å². The Bertz CT molecular complexity index is 1350. The molecule has 2 aromatic rings. The molecule has 0 amide bonds. The molecule has 3 saturated heterocycles. The fraction of sp³-hybridized carbons (Fsp3) is 0.519. The molecule has 4 aliphatic heterocycles. The molecule has 5 atom stereocenters. The van der Waals surface area contributed by atoms with Gasteiger partial charge in [0, 0.05) is 30.0 Å². The molecular formula is C27H28O9. The predicted octanol–water partition coefficient (Wildman–Crippen LogP) is 3.25. The molecule has 0 radical (unpaired) electrons. The van der Waals surface area contributed by atoms with Crippen molar-refractivity contribution in [1.82, 2.24) is 0 Å². The van der Waals surface area contributed by atoms with E-state index >= 15 is 0 Å². The Morgan fingerprint density at radius 1 is 1.28 bits per heavy atom. The monoisotopic (exact) mass is 496 g/mol. The second-order valence-electron chi connectivity index (χ2n) is 10.1. The van der Waals surface area contributed by atoms with Crippen LogP contribution in [0.5, 0.6) is 17.2 Å². The van der Waals surface area contributed by atoms with E-state index in [1.165, 1.54) is 0 Å². The summed E-state index contributed by atoms with van der Waals surface area (Å²) in [5.41, 5.74) is 1.61. The maximum atomic E-state index is 12.9. The van der Waals surface area contributed by atoms with Gasteiger partial charge >= 0.3 is 0 Å². The lowest BCUT2D eigenvalue weighted by Gasteiger charge is -2.48. The van der Waals surface area contributed by atoms with Gasteiger partial charge in [-0.2, -0.15) is 0 Å². The summed E-state index contributed by atoms with van der Waals surface area (Å²) in [4.78, 5) is 12.9. The van der Waals surface area contributed by atoms with E-state index < -0.39 is 29.4 Å². The number of ketones is 1. The number of carbonyl (C=O) groups is 1. The number of phenolic OH excluding ortho intramolecular Hbond substituents is 1. The standard InChI is InChI=1S/C27H28O9/c1-5-9-32-12-26-25(11-33-25)27(31-4)24(36-26)23(34-26)17-13(2)10-15-19(22(17)35-27)20(29)18-14(21(15)30-3)7-6-8-16(18)28/h5,10,23-24,29H,1,6-9,11-12H2,2-4H3/t23?,24?,25-,26?,27-/m1/s1. The lowest BCUT2D eigenvalue weighted by atomic mass is 9.78. The number of methoxy groups -OCH3 is 2. The van der Waals surface area contributed by atoms with Gasteiger partial charge in [-0.05, 0) is 31.4 Å². The van der Waals surface area contributed by atoms with Crippen molar-refractivity contribution < 1.29 is 43.1 Å². The first-order valence-corrected chi connectivity index (χ1v) is 12.2. The Kier molecular flexibility index (Phi) is 4.50. The summed E-state index contributed by atoms with van der Waals surface area (Å²) in [6, 6.07) is 1.95. The molecule has 7 rings (SSSR count). The average molecular weight is 497 g/mol. The van der Waals surface area contributed by atoms with Gasteiger partial charge in [-0.1, -0.05) is 6.08 Å². The van der Waals surface area contributed by atoms with Crippen LogP contribution < -0.4 is 9.47 Å². The molecule has 1 N–H and O–H groups in total. The summed E-state index contributed by atoms with van der Waals surface area (Å²) in [6.07, 6.45) is 2.22. The number of epoxide rings is 1. The minimum Gasteiger partial charge on any atom is -0.506 e. The number of hydrogen-bond acceptors (Lipinski definition) is 9. The van der Waals surface area contributed by atoms with Gasteiger partial charge in [0.15, 0.2) is 11.9 Å². The van der Waals surface area contributed by atoms with Crippen LogP contribution in [0.2, 0.25) is 0 Å². The molecule has 2 bridgehead atoms. The zero-order valence-electron chi connectivity index (χ0n) is 20.5. The van der Waals surface area contributed by atoms with Gasteiger partial charge in [-0.15, -0.1) is 6.58 Å². The van der Waals surface area contributed by atoms with E-state index in [4.69, 9.17) is 33.2 Å². The van der Waals surface area contributed by atoms with Crippen molar-refractivity contribution in [2.24, 2.45) is 0 Å². The van der Waals surface area contributed by atoms with Crippen molar-refractivity contribution in [2.75, 3.05) is 34.0 Å². The first kappa shape index (κ1) is 22.5. The number of ether oxygens (including phenoxy) is 7. The smallest absolute Gasteiger partial charge is 0.276 e. The van der Waals surface area contributed by atoms with Gasteiger partial charge in [-0.3, -0.25) is 4.79 Å². The number of aryl methyl sites for hydroxylation is 1. The van der Waals surface area contributed by atoms with Crippen molar-refractivity contribution in [3.63, 3.8) is 0 Å². The highest BCUT2D eigenvalue weighted by molar-refractivity contribution is 6.11. The molecule has 0 aromatic heterocycles. The van der Waals surface area contributed by atoms with E-state index in [2.05, 4.69) is 6.58 Å². The van der Waals surface area contributed by atoms with Crippen LogP contribution in [0.15, 0.2) is 18.7 Å². The zero-order chi connectivity index (χ0) is 25.0. The summed E-state index contributed by atoms with van der Waals surface area (Å²) >= 11 is 0. The van der Waals surface area contributed by atoms with E-state index in [-0.39, 0.29) is 18.1 Å². The zero-order valence-corrected chi connectivity index (χ0v) is 20.5. The SMILES string of the molecule is C=CCOCC12OC3c4c(C)cc5c(OC)c6c(c(O)c5c4O[C@](OC)(C3O1)[C@@]21CO1)C(=O)CCC6. The van der Waals surface area contributed by atoms with Crippen LogP contribution in [0.1, 0.15) is 46.0 Å². The van der Waals surface area contributed by atoms with Crippen molar-refractivity contribution in [1.29, 1.82) is 0 Å². The summed E-state index contributed by atoms with van der Waals surface area (Å²) in [5, 5.41) is 12.6. The van der Waals surface area contributed by atoms with Crippen LogP contribution in [0.4, 0.5) is 0 Å². The number of carbonyl (C=O) groups excluding carboxylic acids is 1. The minimum absolute atomic E-state index is 0.101. The quantitative estimate of drug-likeness (QED) is 0.367. The number of benzene rings is 2. The highest BCUT2D eigenvalue weighted by Gasteiger charge is 2.91. The van der Waals surface area contributed by atoms with Crippen LogP contribution in [0.25, 0.3) is 10.8 Å². The first-order valence-electron chi connectivity index (χ1n) is 12.2. The van der Waals surface area contributed by atoms with Crippen LogP contribution in [0, 0.1) is 6.92 Å². The normalized spacial score (nSPS) is 35.0. The lowest BCUT2D eigenvalue weighted by Crippen LogP contribution is -2.68. The number of phenols is 1.